The van der Waals surface area contributed by atoms with Gasteiger partial charge in [0.05, 0.1) is 6.42 Å². The van der Waals surface area contributed by atoms with Crippen LogP contribution in [0.5, 0.6) is 0 Å². The molecule has 0 amide bonds. The predicted molar refractivity (Wildman–Crippen MR) is 51.2 cm³/mol. The van der Waals surface area contributed by atoms with Crippen molar-refractivity contribution in [2.24, 2.45) is 0 Å². The lowest BCUT2D eigenvalue weighted by atomic mass is 10.2. The summed E-state index contributed by atoms with van der Waals surface area (Å²) in [7, 11) is 0. The average Bonchev–Trinajstić information content (AvgIpc) is 2.09. The van der Waals surface area contributed by atoms with Gasteiger partial charge in [-0.2, -0.15) is 0 Å². The summed E-state index contributed by atoms with van der Waals surface area (Å²) < 4.78 is 0. The highest BCUT2D eigenvalue weighted by Gasteiger charge is 2.19. The topological polar surface area (TPSA) is 86.6 Å². The lowest BCUT2D eigenvalue weighted by Gasteiger charge is -2.11. The molecule has 82 valence electrons. The lowest BCUT2D eigenvalue weighted by molar-refractivity contribution is -0.145. The van der Waals surface area contributed by atoms with Crippen molar-refractivity contribution < 1.29 is 19.8 Å². The number of hydrogen-bond acceptors (Lipinski definition) is 3. The molecule has 0 aliphatic carbocycles. The van der Waals surface area contributed by atoms with Gasteiger partial charge >= 0.3 is 11.9 Å². The molecule has 0 fully saturated rings. The molecule has 0 aromatic carbocycles. The molecule has 0 aliphatic heterocycles. The number of carbonyl (C=O) groups is 2. The van der Waals surface area contributed by atoms with Crippen molar-refractivity contribution in [3.05, 3.63) is 0 Å². The molecule has 14 heavy (non-hydrogen) atoms. The van der Waals surface area contributed by atoms with Crippen LogP contribution in [0.15, 0.2) is 0 Å². The minimum Gasteiger partial charge on any atom is -0.481 e. The van der Waals surface area contributed by atoms with E-state index in [1.54, 1.807) is 0 Å². The van der Waals surface area contributed by atoms with E-state index < -0.39 is 18.0 Å². The Bertz CT molecular complexity index is 193. The standard InChI is InChI=1S/C9H17NO4/c1-2-3-4-5-10-7(9(13)14)6-8(11)12/h7,10H,2-6H2,1H3,(H,11,12)(H,13,14)/t7-/m0/s1. The first-order valence-electron chi connectivity index (χ1n) is 4.76. The van der Waals surface area contributed by atoms with Gasteiger partial charge in [-0.25, -0.2) is 0 Å². The molecule has 0 radical (unpaired) electrons. The first-order valence-corrected chi connectivity index (χ1v) is 4.76. The summed E-state index contributed by atoms with van der Waals surface area (Å²) >= 11 is 0. The molecule has 0 spiro atoms. The van der Waals surface area contributed by atoms with Crippen molar-refractivity contribution in [1.82, 2.24) is 5.32 Å². The van der Waals surface area contributed by atoms with E-state index in [-0.39, 0.29) is 6.42 Å². The summed E-state index contributed by atoms with van der Waals surface area (Å²) in [6.07, 6.45) is 2.58. The van der Waals surface area contributed by atoms with Crippen LogP contribution in [0.2, 0.25) is 0 Å². The normalized spacial score (nSPS) is 12.4. The first-order chi connectivity index (χ1) is 6.57. The number of aliphatic carboxylic acids is 2. The molecule has 5 heteroatoms. The van der Waals surface area contributed by atoms with Gasteiger partial charge < -0.3 is 15.5 Å². The summed E-state index contributed by atoms with van der Waals surface area (Å²) in [5.41, 5.74) is 0. The molecule has 0 saturated heterocycles. The zero-order valence-electron chi connectivity index (χ0n) is 8.32. The summed E-state index contributed by atoms with van der Waals surface area (Å²) in [4.78, 5) is 20.9. The zero-order valence-corrected chi connectivity index (χ0v) is 8.32. The van der Waals surface area contributed by atoms with E-state index in [1.807, 2.05) is 6.92 Å². The largest absolute Gasteiger partial charge is 0.481 e. The molecule has 0 rings (SSSR count). The van der Waals surface area contributed by atoms with Crippen LogP contribution in [0, 0.1) is 0 Å². The van der Waals surface area contributed by atoms with Crippen LogP contribution in [-0.4, -0.2) is 34.7 Å². The monoisotopic (exact) mass is 203 g/mol. The number of carboxylic acid groups (broad SMARTS) is 2. The van der Waals surface area contributed by atoms with Crippen LogP contribution in [-0.2, 0) is 9.59 Å². The van der Waals surface area contributed by atoms with Gasteiger partial charge in [-0.05, 0) is 13.0 Å². The van der Waals surface area contributed by atoms with Crippen LogP contribution in [0.4, 0.5) is 0 Å². The highest BCUT2D eigenvalue weighted by atomic mass is 16.4. The molecule has 0 aromatic rings. The Kier molecular flexibility index (Phi) is 6.74. The summed E-state index contributed by atoms with van der Waals surface area (Å²) in [5, 5.41) is 19.8. The van der Waals surface area contributed by atoms with Gasteiger partial charge in [0.15, 0.2) is 0 Å². The third-order valence-electron chi connectivity index (χ3n) is 1.85. The number of rotatable bonds is 8. The minimum absolute atomic E-state index is 0.374. The van der Waals surface area contributed by atoms with E-state index >= 15 is 0 Å². The Labute approximate surface area is 83.1 Å². The predicted octanol–water partition coefficient (Wildman–Crippen LogP) is 0.694. The maximum atomic E-state index is 10.6. The van der Waals surface area contributed by atoms with Crippen LogP contribution in [0.3, 0.4) is 0 Å². The van der Waals surface area contributed by atoms with Gasteiger partial charge in [-0.1, -0.05) is 19.8 Å². The molecule has 0 unspecified atom stereocenters. The van der Waals surface area contributed by atoms with Gasteiger partial charge in [0.2, 0.25) is 0 Å². The highest BCUT2D eigenvalue weighted by molar-refractivity contribution is 5.80. The summed E-state index contributed by atoms with van der Waals surface area (Å²) in [6.45, 7) is 2.60. The molecule has 0 bridgehead atoms. The van der Waals surface area contributed by atoms with E-state index in [9.17, 15) is 9.59 Å². The molecular formula is C9H17NO4. The van der Waals surface area contributed by atoms with E-state index in [4.69, 9.17) is 10.2 Å². The smallest absolute Gasteiger partial charge is 0.321 e. The molecule has 0 saturated carbocycles. The van der Waals surface area contributed by atoms with E-state index in [1.165, 1.54) is 0 Å². The van der Waals surface area contributed by atoms with Gasteiger partial charge in [-0.3, -0.25) is 9.59 Å². The van der Waals surface area contributed by atoms with Crippen molar-refractivity contribution in [2.45, 2.75) is 38.6 Å². The second-order valence-electron chi connectivity index (χ2n) is 3.15. The molecule has 3 N–H and O–H groups in total. The van der Waals surface area contributed by atoms with Crippen molar-refractivity contribution in [1.29, 1.82) is 0 Å². The van der Waals surface area contributed by atoms with Crippen molar-refractivity contribution in [3.8, 4) is 0 Å². The Balaban J connectivity index is 3.74. The molecule has 0 aromatic heterocycles. The summed E-state index contributed by atoms with van der Waals surface area (Å²) in [6, 6.07) is -0.968. The maximum absolute atomic E-state index is 10.6. The van der Waals surface area contributed by atoms with E-state index in [0.717, 1.165) is 19.3 Å². The number of hydrogen-bond donors (Lipinski definition) is 3. The molecule has 5 nitrogen and oxygen atoms in total. The third-order valence-corrected chi connectivity index (χ3v) is 1.85. The van der Waals surface area contributed by atoms with Crippen molar-refractivity contribution >= 4 is 11.9 Å². The zero-order chi connectivity index (χ0) is 11.0. The SMILES string of the molecule is CCCCCN[C@@H](CC(=O)O)C(=O)O. The first kappa shape index (κ1) is 12.9. The molecule has 1 atom stereocenters. The van der Waals surface area contributed by atoms with Crippen molar-refractivity contribution in [2.75, 3.05) is 6.54 Å². The second kappa shape index (κ2) is 7.32. The fourth-order valence-corrected chi connectivity index (χ4v) is 1.07. The van der Waals surface area contributed by atoms with E-state index in [2.05, 4.69) is 5.32 Å². The van der Waals surface area contributed by atoms with Crippen LogP contribution >= 0.6 is 0 Å². The Morgan fingerprint density at radius 1 is 1.29 bits per heavy atom. The Morgan fingerprint density at radius 3 is 2.36 bits per heavy atom. The van der Waals surface area contributed by atoms with Crippen LogP contribution < -0.4 is 5.32 Å². The quantitative estimate of drug-likeness (QED) is 0.505. The lowest BCUT2D eigenvalue weighted by Crippen LogP contribution is -2.39. The van der Waals surface area contributed by atoms with Gasteiger partial charge in [0.1, 0.15) is 6.04 Å². The van der Waals surface area contributed by atoms with Crippen LogP contribution in [0.1, 0.15) is 32.6 Å². The highest BCUT2D eigenvalue weighted by Crippen LogP contribution is 1.96. The fourth-order valence-electron chi connectivity index (χ4n) is 1.07. The fraction of sp³-hybridized carbons (Fsp3) is 0.778. The van der Waals surface area contributed by atoms with Gasteiger partial charge in [-0.15, -0.1) is 0 Å². The van der Waals surface area contributed by atoms with Crippen molar-refractivity contribution in [3.63, 3.8) is 0 Å². The maximum Gasteiger partial charge on any atom is 0.321 e. The molecule has 0 heterocycles. The average molecular weight is 203 g/mol. The van der Waals surface area contributed by atoms with Gasteiger partial charge in [0, 0.05) is 0 Å². The van der Waals surface area contributed by atoms with Crippen LogP contribution in [0.25, 0.3) is 0 Å². The van der Waals surface area contributed by atoms with E-state index in [0.29, 0.717) is 6.54 Å². The molecule has 0 aliphatic rings. The summed E-state index contributed by atoms with van der Waals surface area (Å²) in [5.74, 6) is -2.20. The second-order valence-corrected chi connectivity index (χ2v) is 3.15. The third kappa shape index (κ3) is 6.42. The Morgan fingerprint density at radius 2 is 1.93 bits per heavy atom. The Hall–Kier alpha value is -1.10. The number of carboxylic acids is 2. The minimum atomic E-state index is -1.11. The number of nitrogens with one attached hydrogen (secondary N) is 1. The van der Waals surface area contributed by atoms with Gasteiger partial charge in [0.25, 0.3) is 0 Å². The number of unbranched alkanes of at least 4 members (excludes halogenated alkanes) is 2. The molecular weight excluding hydrogens is 186 g/mol.